The highest BCUT2D eigenvalue weighted by Gasteiger charge is 2.33. The van der Waals surface area contributed by atoms with Gasteiger partial charge in [-0.2, -0.15) is 4.98 Å². The van der Waals surface area contributed by atoms with Crippen molar-refractivity contribution in [2.45, 2.75) is 38.8 Å². The van der Waals surface area contributed by atoms with E-state index in [1.807, 2.05) is 35.2 Å². The van der Waals surface area contributed by atoms with Gasteiger partial charge in [-0.1, -0.05) is 30.3 Å². The van der Waals surface area contributed by atoms with Gasteiger partial charge in [0.25, 0.3) is 6.01 Å². The molecule has 0 N–H and O–H groups in total. The number of carbonyl (C=O) groups is 2. The molecule has 1 atom stereocenters. The Morgan fingerprint density at radius 1 is 1.17 bits per heavy atom. The van der Waals surface area contributed by atoms with Crippen LogP contribution in [0.25, 0.3) is 11.1 Å². The number of piperidine rings is 1. The van der Waals surface area contributed by atoms with Crippen LogP contribution >= 0.6 is 0 Å². The van der Waals surface area contributed by atoms with E-state index in [2.05, 4.69) is 4.98 Å². The molecular weight excluding hydrogens is 372 g/mol. The van der Waals surface area contributed by atoms with Gasteiger partial charge in [0.15, 0.2) is 5.58 Å². The number of benzene rings is 2. The van der Waals surface area contributed by atoms with Gasteiger partial charge in [0.2, 0.25) is 0 Å². The van der Waals surface area contributed by atoms with Crippen LogP contribution in [-0.4, -0.2) is 29.5 Å². The van der Waals surface area contributed by atoms with Gasteiger partial charge in [0.05, 0.1) is 0 Å². The van der Waals surface area contributed by atoms with E-state index in [4.69, 9.17) is 13.9 Å². The lowest BCUT2D eigenvalue weighted by molar-refractivity contribution is -0.147. The number of nitrogens with zero attached hydrogens (tertiary/aromatic N) is 2. The third kappa shape index (κ3) is 4.39. The Morgan fingerprint density at radius 2 is 2.00 bits per heavy atom. The summed E-state index contributed by atoms with van der Waals surface area (Å²) in [5.74, 6) is -0.289. The second-order valence-corrected chi connectivity index (χ2v) is 7.02. The molecular formula is C22H22N2O5. The third-order valence-corrected chi connectivity index (χ3v) is 4.85. The fourth-order valence-electron chi connectivity index (χ4n) is 3.48. The van der Waals surface area contributed by atoms with E-state index in [0.29, 0.717) is 35.8 Å². The highest BCUT2D eigenvalue weighted by atomic mass is 16.5. The van der Waals surface area contributed by atoms with Crippen molar-refractivity contribution in [3.8, 4) is 5.75 Å². The number of hydrogen-bond acceptors (Lipinski definition) is 7. The van der Waals surface area contributed by atoms with E-state index < -0.39 is 12.0 Å². The van der Waals surface area contributed by atoms with E-state index in [1.165, 1.54) is 6.92 Å². The number of hydrogen-bond donors (Lipinski definition) is 0. The Balaban J connectivity index is 1.52. The Kier molecular flexibility index (Phi) is 5.46. The number of fused-ring (bicyclic) bond motifs is 1. The Labute approximate surface area is 168 Å². The summed E-state index contributed by atoms with van der Waals surface area (Å²) in [7, 11) is 0. The van der Waals surface area contributed by atoms with Crippen LogP contribution in [0.2, 0.25) is 0 Å². The van der Waals surface area contributed by atoms with E-state index in [1.54, 1.807) is 18.2 Å². The average Bonchev–Trinajstić information content (AvgIpc) is 3.15. The van der Waals surface area contributed by atoms with E-state index in [9.17, 15) is 9.59 Å². The number of esters is 2. The normalized spacial score (nSPS) is 16.6. The highest BCUT2D eigenvalue weighted by Crippen LogP contribution is 2.30. The van der Waals surface area contributed by atoms with Gasteiger partial charge >= 0.3 is 11.9 Å². The Bertz CT molecular complexity index is 1010. The smallest absolute Gasteiger partial charge is 0.329 e. The number of ether oxygens (including phenoxy) is 2. The Hall–Kier alpha value is -3.35. The second kappa shape index (κ2) is 8.34. The van der Waals surface area contributed by atoms with Crippen molar-refractivity contribution in [2.24, 2.45) is 0 Å². The van der Waals surface area contributed by atoms with Crippen LogP contribution in [0.15, 0.2) is 52.9 Å². The fourth-order valence-corrected chi connectivity index (χ4v) is 3.48. The molecule has 0 amide bonds. The number of oxazole rings is 1. The SMILES string of the molecule is CC(=O)Oc1ccc2nc(N3CCCCC3C(=O)OCc3ccccc3)oc2c1. The molecule has 0 aliphatic carbocycles. The van der Waals surface area contributed by atoms with Gasteiger partial charge in [0, 0.05) is 19.5 Å². The molecule has 1 fully saturated rings. The largest absolute Gasteiger partial charge is 0.459 e. The first-order valence-electron chi connectivity index (χ1n) is 9.66. The molecule has 7 nitrogen and oxygen atoms in total. The molecule has 0 bridgehead atoms. The zero-order valence-corrected chi connectivity index (χ0v) is 16.2. The lowest BCUT2D eigenvalue weighted by Crippen LogP contribution is -2.45. The van der Waals surface area contributed by atoms with E-state index in [-0.39, 0.29) is 12.6 Å². The monoisotopic (exact) mass is 394 g/mol. The first kappa shape index (κ1) is 19.0. The van der Waals surface area contributed by atoms with Gasteiger partial charge in [-0.3, -0.25) is 4.79 Å². The van der Waals surface area contributed by atoms with Crippen molar-refractivity contribution in [1.29, 1.82) is 0 Å². The standard InChI is InChI=1S/C22H22N2O5/c1-15(25)28-17-10-11-18-20(13-17)29-22(23-18)24-12-6-5-9-19(24)21(26)27-14-16-7-3-2-4-8-16/h2-4,7-8,10-11,13,19H,5-6,9,12,14H2,1H3. The molecule has 7 heteroatoms. The van der Waals surface area contributed by atoms with E-state index in [0.717, 1.165) is 18.4 Å². The van der Waals surface area contributed by atoms with Crippen LogP contribution < -0.4 is 9.64 Å². The van der Waals surface area contributed by atoms with Crippen molar-refractivity contribution in [1.82, 2.24) is 4.98 Å². The lowest BCUT2D eigenvalue weighted by Gasteiger charge is -2.32. The predicted molar refractivity (Wildman–Crippen MR) is 107 cm³/mol. The van der Waals surface area contributed by atoms with Gasteiger partial charge in [-0.15, -0.1) is 0 Å². The van der Waals surface area contributed by atoms with Crippen LogP contribution in [0.1, 0.15) is 31.7 Å². The van der Waals surface area contributed by atoms with Crippen molar-refractivity contribution in [2.75, 3.05) is 11.4 Å². The van der Waals surface area contributed by atoms with Crippen LogP contribution in [0.5, 0.6) is 5.75 Å². The molecule has 4 rings (SSSR count). The number of anilines is 1. The molecule has 0 spiro atoms. The number of aromatic nitrogens is 1. The minimum atomic E-state index is -0.437. The molecule has 1 saturated heterocycles. The maximum atomic E-state index is 12.8. The molecule has 2 heterocycles. The van der Waals surface area contributed by atoms with Gasteiger partial charge in [0.1, 0.15) is 23.9 Å². The summed E-state index contributed by atoms with van der Waals surface area (Å²) in [6, 6.07) is 14.6. The summed E-state index contributed by atoms with van der Waals surface area (Å²) in [6.45, 7) is 2.24. The minimum absolute atomic E-state index is 0.239. The summed E-state index contributed by atoms with van der Waals surface area (Å²) in [5.41, 5.74) is 2.08. The summed E-state index contributed by atoms with van der Waals surface area (Å²) in [4.78, 5) is 30.3. The summed E-state index contributed by atoms with van der Waals surface area (Å²) in [5, 5.41) is 0. The van der Waals surface area contributed by atoms with Crippen LogP contribution in [-0.2, 0) is 20.9 Å². The molecule has 1 aliphatic rings. The first-order valence-corrected chi connectivity index (χ1v) is 9.66. The van der Waals surface area contributed by atoms with Crippen molar-refractivity contribution < 1.29 is 23.5 Å². The average molecular weight is 394 g/mol. The first-order chi connectivity index (χ1) is 14.1. The molecule has 0 saturated carbocycles. The van der Waals surface area contributed by atoms with Crippen LogP contribution in [0.3, 0.4) is 0 Å². The van der Waals surface area contributed by atoms with E-state index >= 15 is 0 Å². The zero-order valence-electron chi connectivity index (χ0n) is 16.2. The molecule has 1 aliphatic heterocycles. The molecule has 150 valence electrons. The van der Waals surface area contributed by atoms with Gasteiger partial charge < -0.3 is 18.8 Å². The zero-order chi connectivity index (χ0) is 20.2. The topological polar surface area (TPSA) is 81.9 Å². The molecule has 1 unspecified atom stereocenters. The molecule has 3 aromatic rings. The molecule has 1 aromatic heterocycles. The maximum Gasteiger partial charge on any atom is 0.329 e. The molecule has 29 heavy (non-hydrogen) atoms. The fraction of sp³-hybridized carbons (Fsp3) is 0.318. The maximum absolute atomic E-state index is 12.8. The van der Waals surface area contributed by atoms with Gasteiger partial charge in [-0.05, 0) is 37.0 Å². The van der Waals surface area contributed by atoms with Gasteiger partial charge in [-0.25, -0.2) is 4.79 Å². The summed E-state index contributed by atoms with van der Waals surface area (Å²) >= 11 is 0. The third-order valence-electron chi connectivity index (χ3n) is 4.85. The van der Waals surface area contributed by atoms with Crippen LogP contribution in [0, 0.1) is 0 Å². The van der Waals surface area contributed by atoms with Crippen molar-refractivity contribution >= 4 is 29.1 Å². The second-order valence-electron chi connectivity index (χ2n) is 7.02. The number of rotatable bonds is 5. The molecule has 2 aromatic carbocycles. The van der Waals surface area contributed by atoms with Crippen molar-refractivity contribution in [3.05, 3.63) is 54.1 Å². The molecule has 0 radical (unpaired) electrons. The summed E-state index contributed by atoms with van der Waals surface area (Å²) in [6.07, 6.45) is 2.57. The van der Waals surface area contributed by atoms with Crippen LogP contribution in [0.4, 0.5) is 6.01 Å². The van der Waals surface area contributed by atoms with Crippen molar-refractivity contribution in [3.63, 3.8) is 0 Å². The minimum Gasteiger partial charge on any atom is -0.459 e. The Morgan fingerprint density at radius 3 is 2.79 bits per heavy atom. The lowest BCUT2D eigenvalue weighted by atomic mass is 10.0. The quantitative estimate of drug-likeness (QED) is 0.480. The highest BCUT2D eigenvalue weighted by molar-refractivity contribution is 5.82. The summed E-state index contributed by atoms with van der Waals surface area (Å²) < 4.78 is 16.5. The predicted octanol–water partition coefficient (Wildman–Crippen LogP) is 3.86. The number of carbonyl (C=O) groups excluding carboxylic acids is 2.